The Balaban J connectivity index is 2.08. The summed E-state index contributed by atoms with van der Waals surface area (Å²) in [6.07, 6.45) is 1.35. The molecule has 0 radical (unpaired) electrons. The van der Waals surface area contributed by atoms with E-state index in [9.17, 15) is 14.7 Å². The summed E-state index contributed by atoms with van der Waals surface area (Å²) in [4.78, 5) is 28.0. The number of fused-ring (bicyclic) bond motifs is 1. The molecule has 0 amide bonds. The van der Waals surface area contributed by atoms with Crippen LogP contribution in [0.1, 0.15) is 21.7 Å². The molecule has 3 rings (SSSR count). The van der Waals surface area contributed by atoms with Gasteiger partial charge in [0.05, 0.1) is 13.7 Å². The van der Waals surface area contributed by atoms with E-state index in [0.717, 1.165) is 5.56 Å². The minimum Gasteiger partial charge on any atom is -0.497 e. The third kappa shape index (κ3) is 2.57. The van der Waals surface area contributed by atoms with Crippen LogP contribution in [0.25, 0.3) is 11.1 Å². The average molecular weight is 314 g/mol. The van der Waals surface area contributed by atoms with Crippen molar-refractivity contribution in [2.45, 2.75) is 13.5 Å². The van der Waals surface area contributed by atoms with Crippen LogP contribution < -0.4 is 10.3 Å². The van der Waals surface area contributed by atoms with Crippen molar-refractivity contribution < 1.29 is 19.1 Å². The van der Waals surface area contributed by atoms with E-state index in [1.54, 1.807) is 19.2 Å². The highest BCUT2D eigenvalue weighted by Gasteiger charge is 2.22. The molecule has 1 aromatic carbocycles. The number of hydrogen-bond donors (Lipinski definition) is 1. The third-order valence-corrected chi connectivity index (χ3v) is 3.58. The summed E-state index contributed by atoms with van der Waals surface area (Å²) < 4.78 is 11.7. The summed E-state index contributed by atoms with van der Waals surface area (Å²) in [6, 6.07) is 7.23. The molecule has 23 heavy (non-hydrogen) atoms. The Hall–Kier alpha value is -3.09. The Morgan fingerprint density at radius 3 is 2.65 bits per heavy atom. The van der Waals surface area contributed by atoms with Crippen LogP contribution in [0.2, 0.25) is 0 Å². The molecule has 0 spiro atoms. The number of hydrogen-bond acceptors (Lipinski definition) is 5. The molecule has 0 atom stereocenters. The molecule has 0 aliphatic rings. The number of benzene rings is 1. The molecule has 0 aliphatic carbocycles. The summed E-state index contributed by atoms with van der Waals surface area (Å²) in [7, 11) is 1.58. The topological polar surface area (TPSA) is 94.6 Å². The highest BCUT2D eigenvalue weighted by Crippen LogP contribution is 2.21. The summed E-state index contributed by atoms with van der Waals surface area (Å²) in [5.74, 6) is -0.324. The highest BCUT2D eigenvalue weighted by molar-refractivity contribution is 6.02. The number of rotatable bonds is 4. The number of furan rings is 1. The summed E-state index contributed by atoms with van der Waals surface area (Å²) in [6.45, 7) is 1.77. The summed E-state index contributed by atoms with van der Waals surface area (Å²) in [5.41, 5.74) is 0.323. The van der Waals surface area contributed by atoms with Gasteiger partial charge in [-0.25, -0.2) is 9.78 Å². The fourth-order valence-electron chi connectivity index (χ4n) is 2.44. The number of carbonyl (C=O) groups is 1. The van der Waals surface area contributed by atoms with Crippen molar-refractivity contribution in [2.24, 2.45) is 0 Å². The van der Waals surface area contributed by atoms with Crippen LogP contribution >= 0.6 is 0 Å². The molecule has 118 valence electrons. The molecule has 0 saturated carbocycles. The smallest absolute Gasteiger partial charge is 0.340 e. The van der Waals surface area contributed by atoms with E-state index < -0.39 is 11.5 Å². The van der Waals surface area contributed by atoms with Crippen LogP contribution in [0.4, 0.5) is 0 Å². The zero-order valence-electron chi connectivity index (χ0n) is 12.6. The van der Waals surface area contributed by atoms with Gasteiger partial charge in [0, 0.05) is 0 Å². The maximum absolute atomic E-state index is 12.6. The number of carboxylic acids is 1. The van der Waals surface area contributed by atoms with Crippen LogP contribution in [0.15, 0.2) is 39.8 Å². The van der Waals surface area contributed by atoms with Gasteiger partial charge in [-0.1, -0.05) is 12.1 Å². The van der Waals surface area contributed by atoms with Gasteiger partial charge in [0.2, 0.25) is 5.71 Å². The highest BCUT2D eigenvalue weighted by atomic mass is 16.5. The van der Waals surface area contributed by atoms with E-state index in [1.807, 2.05) is 12.1 Å². The van der Waals surface area contributed by atoms with E-state index in [1.165, 1.54) is 17.8 Å². The fourth-order valence-corrected chi connectivity index (χ4v) is 2.44. The lowest BCUT2D eigenvalue weighted by molar-refractivity contribution is 0.0697. The second kappa shape index (κ2) is 5.60. The number of methoxy groups -OCH3 is 1. The Bertz CT molecular complexity index is 937. The predicted octanol–water partition coefficient (Wildman–Crippen LogP) is 2.05. The van der Waals surface area contributed by atoms with Crippen molar-refractivity contribution in [1.82, 2.24) is 9.55 Å². The summed E-state index contributed by atoms with van der Waals surface area (Å²) in [5, 5.41) is 9.26. The van der Waals surface area contributed by atoms with E-state index in [-0.39, 0.29) is 29.0 Å². The molecule has 7 heteroatoms. The standard InChI is InChI=1S/C16H14N2O5/c1-9-12(16(20)21)13-14(23-9)17-8-18(15(13)19)7-10-3-5-11(22-2)6-4-10/h3-6,8H,7H2,1-2H3,(H,20,21). The van der Waals surface area contributed by atoms with Crippen LogP contribution in [-0.4, -0.2) is 27.7 Å². The molecule has 1 N–H and O–H groups in total. The SMILES string of the molecule is COc1ccc(Cn2cnc3oc(C)c(C(=O)O)c3c2=O)cc1. The predicted molar refractivity (Wildman–Crippen MR) is 82.1 cm³/mol. The van der Waals surface area contributed by atoms with Gasteiger partial charge >= 0.3 is 5.97 Å². The zero-order chi connectivity index (χ0) is 16.6. The molecule has 0 unspecified atom stereocenters. The second-order valence-electron chi connectivity index (χ2n) is 5.04. The number of carboxylic acid groups (broad SMARTS) is 1. The molecule has 0 saturated heterocycles. The molecule has 0 bridgehead atoms. The van der Waals surface area contributed by atoms with E-state index >= 15 is 0 Å². The molecular weight excluding hydrogens is 300 g/mol. The Kier molecular flexibility index (Phi) is 3.61. The van der Waals surface area contributed by atoms with E-state index in [4.69, 9.17) is 9.15 Å². The zero-order valence-corrected chi connectivity index (χ0v) is 12.6. The molecule has 3 aromatic rings. The van der Waals surface area contributed by atoms with Crippen molar-refractivity contribution in [3.05, 3.63) is 57.8 Å². The second-order valence-corrected chi connectivity index (χ2v) is 5.04. The lowest BCUT2D eigenvalue weighted by Crippen LogP contribution is -2.22. The van der Waals surface area contributed by atoms with Gasteiger partial charge in [0.1, 0.15) is 28.8 Å². The maximum Gasteiger partial charge on any atom is 0.340 e. The minimum absolute atomic E-state index is 0.00832. The van der Waals surface area contributed by atoms with Gasteiger partial charge in [-0.15, -0.1) is 0 Å². The first-order valence-electron chi connectivity index (χ1n) is 6.86. The van der Waals surface area contributed by atoms with Crippen molar-refractivity contribution in [1.29, 1.82) is 0 Å². The van der Waals surface area contributed by atoms with Crippen LogP contribution in [0.3, 0.4) is 0 Å². The minimum atomic E-state index is -1.21. The van der Waals surface area contributed by atoms with Crippen LogP contribution in [-0.2, 0) is 6.54 Å². The largest absolute Gasteiger partial charge is 0.497 e. The average Bonchev–Trinajstić information content (AvgIpc) is 2.88. The number of aryl methyl sites for hydroxylation is 1. The van der Waals surface area contributed by atoms with Crippen molar-refractivity contribution >= 4 is 17.1 Å². The number of aromatic carboxylic acids is 1. The van der Waals surface area contributed by atoms with Gasteiger partial charge in [-0.05, 0) is 24.6 Å². The number of aromatic nitrogens is 2. The van der Waals surface area contributed by atoms with Gasteiger partial charge < -0.3 is 14.3 Å². The van der Waals surface area contributed by atoms with Gasteiger partial charge in [-0.3, -0.25) is 9.36 Å². The maximum atomic E-state index is 12.6. The van der Waals surface area contributed by atoms with Crippen LogP contribution in [0.5, 0.6) is 5.75 Å². The number of ether oxygens (including phenoxy) is 1. The van der Waals surface area contributed by atoms with E-state index in [0.29, 0.717) is 5.75 Å². The molecule has 0 fully saturated rings. The summed E-state index contributed by atoms with van der Waals surface area (Å²) >= 11 is 0. The van der Waals surface area contributed by atoms with Gasteiger partial charge in [0.15, 0.2) is 0 Å². The third-order valence-electron chi connectivity index (χ3n) is 3.58. The first-order chi connectivity index (χ1) is 11.0. The van der Waals surface area contributed by atoms with Crippen molar-refractivity contribution in [3.8, 4) is 5.75 Å². The number of nitrogens with zero attached hydrogens (tertiary/aromatic N) is 2. The molecule has 0 aliphatic heterocycles. The van der Waals surface area contributed by atoms with E-state index in [2.05, 4.69) is 4.98 Å². The first kappa shape index (κ1) is 14.8. The lowest BCUT2D eigenvalue weighted by Gasteiger charge is -2.06. The quantitative estimate of drug-likeness (QED) is 0.792. The van der Waals surface area contributed by atoms with Crippen molar-refractivity contribution in [2.75, 3.05) is 7.11 Å². The Labute approximate surface area is 130 Å². The normalized spacial score (nSPS) is 10.9. The molecule has 2 heterocycles. The van der Waals surface area contributed by atoms with Crippen molar-refractivity contribution in [3.63, 3.8) is 0 Å². The van der Waals surface area contributed by atoms with Crippen LogP contribution in [0, 0.1) is 6.92 Å². The molecular formula is C16H14N2O5. The first-order valence-corrected chi connectivity index (χ1v) is 6.86. The molecule has 2 aromatic heterocycles. The Morgan fingerprint density at radius 2 is 2.04 bits per heavy atom. The Morgan fingerprint density at radius 1 is 1.35 bits per heavy atom. The molecule has 7 nitrogen and oxygen atoms in total. The lowest BCUT2D eigenvalue weighted by atomic mass is 10.2. The monoisotopic (exact) mass is 314 g/mol. The van der Waals surface area contributed by atoms with Gasteiger partial charge in [0.25, 0.3) is 5.56 Å². The van der Waals surface area contributed by atoms with Gasteiger partial charge in [-0.2, -0.15) is 0 Å². The fraction of sp³-hybridized carbons (Fsp3) is 0.188.